The molecule has 174 valence electrons. The summed E-state index contributed by atoms with van der Waals surface area (Å²) in [5.74, 6) is 0.829. The van der Waals surface area contributed by atoms with Crippen molar-refractivity contribution in [2.75, 3.05) is 17.2 Å². The standard InChI is InChI=1S/C24H31N7O2/c25-17-9-5-15(6-10-17)13-26-24-29-21(28-18-11-7-16(8-12-18)23(32)33)20-22(30-24)31(14-27-20)19-3-1-2-4-19/h7-8,11-12,14-15,17,19H,1-6,9-10,13,25H2,(H,32,33)(H2,26,28,29,30)/t15-,17-. The molecule has 9 nitrogen and oxygen atoms in total. The minimum absolute atomic E-state index is 0.244. The zero-order valence-electron chi connectivity index (χ0n) is 18.7. The largest absolute Gasteiger partial charge is 0.478 e. The van der Waals surface area contributed by atoms with Crippen LogP contribution in [0.2, 0.25) is 0 Å². The SMILES string of the molecule is N[C@H]1CC[C@H](CNc2nc(Nc3ccc(C(=O)O)cc3)c3ncn(C4CCCC4)c3n2)CC1. The third kappa shape index (κ3) is 4.78. The molecule has 0 radical (unpaired) electrons. The molecule has 2 aromatic heterocycles. The average Bonchev–Trinajstić information content (AvgIpc) is 3.49. The molecule has 0 aliphatic heterocycles. The minimum atomic E-state index is -0.948. The van der Waals surface area contributed by atoms with Crippen LogP contribution in [0, 0.1) is 5.92 Å². The van der Waals surface area contributed by atoms with Gasteiger partial charge in [0.05, 0.1) is 11.9 Å². The van der Waals surface area contributed by atoms with E-state index in [1.807, 2.05) is 6.33 Å². The molecule has 0 saturated heterocycles. The summed E-state index contributed by atoms with van der Waals surface area (Å²) in [6.07, 6.45) is 11.0. The van der Waals surface area contributed by atoms with Crippen LogP contribution in [0.1, 0.15) is 67.8 Å². The van der Waals surface area contributed by atoms with Gasteiger partial charge < -0.3 is 26.0 Å². The number of carbonyl (C=O) groups is 1. The average molecular weight is 450 g/mol. The molecule has 5 N–H and O–H groups in total. The number of fused-ring (bicyclic) bond motifs is 1. The van der Waals surface area contributed by atoms with Gasteiger partial charge in [-0.2, -0.15) is 9.97 Å². The lowest BCUT2D eigenvalue weighted by Gasteiger charge is -2.26. The van der Waals surface area contributed by atoms with E-state index in [0.29, 0.717) is 29.8 Å². The maximum Gasteiger partial charge on any atom is 0.335 e. The Bertz CT molecular complexity index is 1110. The number of hydrogen-bond acceptors (Lipinski definition) is 7. The van der Waals surface area contributed by atoms with Crippen molar-refractivity contribution in [3.63, 3.8) is 0 Å². The highest BCUT2D eigenvalue weighted by Crippen LogP contribution is 2.34. The number of imidazole rings is 1. The summed E-state index contributed by atoms with van der Waals surface area (Å²) in [4.78, 5) is 25.4. The van der Waals surface area contributed by atoms with Crippen LogP contribution in [0.3, 0.4) is 0 Å². The van der Waals surface area contributed by atoms with Gasteiger partial charge in [-0.15, -0.1) is 0 Å². The van der Waals surface area contributed by atoms with Gasteiger partial charge in [-0.1, -0.05) is 12.8 Å². The van der Waals surface area contributed by atoms with E-state index in [1.165, 1.54) is 12.8 Å². The third-order valence-electron chi connectivity index (χ3n) is 6.97. The molecule has 0 unspecified atom stereocenters. The zero-order valence-corrected chi connectivity index (χ0v) is 18.7. The van der Waals surface area contributed by atoms with Crippen LogP contribution in [-0.4, -0.2) is 43.2 Å². The van der Waals surface area contributed by atoms with Gasteiger partial charge in [0.25, 0.3) is 0 Å². The van der Waals surface area contributed by atoms with Gasteiger partial charge in [0, 0.05) is 24.3 Å². The highest BCUT2D eigenvalue weighted by Gasteiger charge is 2.23. The summed E-state index contributed by atoms with van der Waals surface area (Å²) < 4.78 is 2.19. The van der Waals surface area contributed by atoms with E-state index in [2.05, 4.69) is 20.2 Å². The predicted octanol–water partition coefficient (Wildman–Crippen LogP) is 4.31. The van der Waals surface area contributed by atoms with Crippen molar-refractivity contribution in [2.45, 2.75) is 63.5 Å². The fraction of sp³-hybridized carbons (Fsp3) is 0.500. The smallest absolute Gasteiger partial charge is 0.335 e. The minimum Gasteiger partial charge on any atom is -0.478 e. The number of carboxylic acid groups (broad SMARTS) is 1. The number of nitrogens with zero attached hydrogens (tertiary/aromatic N) is 4. The van der Waals surface area contributed by atoms with Crippen LogP contribution >= 0.6 is 0 Å². The molecule has 0 bridgehead atoms. The quantitative estimate of drug-likeness (QED) is 0.420. The van der Waals surface area contributed by atoms with Gasteiger partial charge in [0.15, 0.2) is 17.0 Å². The van der Waals surface area contributed by atoms with Crippen LogP contribution in [-0.2, 0) is 0 Å². The van der Waals surface area contributed by atoms with Crippen molar-refractivity contribution >= 4 is 34.6 Å². The predicted molar refractivity (Wildman–Crippen MR) is 128 cm³/mol. The van der Waals surface area contributed by atoms with Crippen LogP contribution in [0.15, 0.2) is 30.6 Å². The first-order valence-electron chi connectivity index (χ1n) is 11.9. The van der Waals surface area contributed by atoms with Gasteiger partial charge in [-0.25, -0.2) is 9.78 Å². The Morgan fingerprint density at radius 2 is 1.79 bits per heavy atom. The molecule has 5 rings (SSSR count). The highest BCUT2D eigenvalue weighted by atomic mass is 16.4. The Morgan fingerprint density at radius 3 is 2.48 bits per heavy atom. The van der Waals surface area contributed by atoms with E-state index in [-0.39, 0.29) is 5.56 Å². The third-order valence-corrected chi connectivity index (χ3v) is 6.97. The van der Waals surface area contributed by atoms with E-state index in [1.54, 1.807) is 24.3 Å². The number of benzene rings is 1. The van der Waals surface area contributed by atoms with Crippen LogP contribution in [0.25, 0.3) is 11.2 Å². The number of aromatic carboxylic acids is 1. The van der Waals surface area contributed by atoms with E-state index in [0.717, 1.165) is 61.9 Å². The summed E-state index contributed by atoms with van der Waals surface area (Å²) in [6.45, 7) is 0.822. The van der Waals surface area contributed by atoms with E-state index in [4.69, 9.17) is 20.8 Å². The normalized spacial score (nSPS) is 21.4. The molecule has 2 heterocycles. The molecule has 1 aromatic carbocycles. The molecule has 2 saturated carbocycles. The lowest BCUT2D eigenvalue weighted by Crippen LogP contribution is -2.29. The number of nitrogens with two attached hydrogens (primary N) is 1. The Kier molecular flexibility index (Phi) is 6.13. The second kappa shape index (κ2) is 9.35. The van der Waals surface area contributed by atoms with Crippen molar-refractivity contribution in [1.29, 1.82) is 0 Å². The Hall–Kier alpha value is -3.20. The fourth-order valence-electron chi connectivity index (χ4n) is 4.99. The monoisotopic (exact) mass is 449 g/mol. The van der Waals surface area contributed by atoms with Crippen LogP contribution in [0.5, 0.6) is 0 Å². The number of rotatable bonds is 7. The molecule has 33 heavy (non-hydrogen) atoms. The lowest BCUT2D eigenvalue weighted by molar-refractivity contribution is 0.0697. The number of anilines is 3. The summed E-state index contributed by atoms with van der Waals surface area (Å²) in [5, 5.41) is 15.9. The van der Waals surface area contributed by atoms with Crippen molar-refractivity contribution in [2.24, 2.45) is 11.7 Å². The van der Waals surface area contributed by atoms with Crippen molar-refractivity contribution in [3.05, 3.63) is 36.2 Å². The first-order valence-corrected chi connectivity index (χ1v) is 11.9. The molecular formula is C24H31N7O2. The van der Waals surface area contributed by atoms with E-state index in [9.17, 15) is 4.79 Å². The van der Waals surface area contributed by atoms with Crippen LogP contribution in [0.4, 0.5) is 17.5 Å². The van der Waals surface area contributed by atoms with Gasteiger partial charge in [0.2, 0.25) is 5.95 Å². The first-order chi connectivity index (χ1) is 16.1. The summed E-state index contributed by atoms with van der Waals surface area (Å²) >= 11 is 0. The summed E-state index contributed by atoms with van der Waals surface area (Å²) in [5.41, 5.74) is 8.60. The Morgan fingerprint density at radius 1 is 1.06 bits per heavy atom. The van der Waals surface area contributed by atoms with Crippen molar-refractivity contribution < 1.29 is 9.90 Å². The highest BCUT2D eigenvalue weighted by molar-refractivity contribution is 5.89. The summed E-state index contributed by atoms with van der Waals surface area (Å²) in [7, 11) is 0. The van der Waals surface area contributed by atoms with Gasteiger partial charge in [-0.3, -0.25) is 0 Å². The Balaban J connectivity index is 1.43. The molecule has 2 fully saturated rings. The number of hydrogen-bond donors (Lipinski definition) is 4. The molecular weight excluding hydrogens is 418 g/mol. The van der Waals surface area contributed by atoms with Gasteiger partial charge >= 0.3 is 5.97 Å². The number of carboxylic acids is 1. The van der Waals surface area contributed by atoms with Gasteiger partial charge in [-0.05, 0) is 68.7 Å². The molecule has 2 aliphatic carbocycles. The van der Waals surface area contributed by atoms with E-state index >= 15 is 0 Å². The fourth-order valence-corrected chi connectivity index (χ4v) is 4.99. The second-order valence-electron chi connectivity index (χ2n) is 9.33. The topological polar surface area (TPSA) is 131 Å². The lowest BCUT2D eigenvalue weighted by atomic mass is 9.86. The maximum atomic E-state index is 11.2. The zero-order chi connectivity index (χ0) is 22.8. The van der Waals surface area contributed by atoms with Crippen molar-refractivity contribution in [1.82, 2.24) is 19.5 Å². The molecule has 0 atom stereocenters. The van der Waals surface area contributed by atoms with Crippen LogP contribution < -0.4 is 16.4 Å². The molecule has 9 heteroatoms. The molecule has 0 amide bonds. The second-order valence-corrected chi connectivity index (χ2v) is 9.33. The first kappa shape index (κ1) is 21.6. The molecule has 3 aromatic rings. The number of aromatic nitrogens is 4. The summed E-state index contributed by atoms with van der Waals surface area (Å²) in [6, 6.07) is 7.38. The maximum absolute atomic E-state index is 11.2. The molecule has 2 aliphatic rings. The van der Waals surface area contributed by atoms with Crippen molar-refractivity contribution in [3.8, 4) is 0 Å². The number of nitrogens with one attached hydrogen (secondary N) is 2. The van der Waals surface area contributed by atoms with Gasteiger partial charge in [0.1, 0.15) is 0 Å². The van der Waals surface area contributed by atoms with E-state index < -0.39 is 5.97 Å². The molecule has 0 spiro atoms. The Labute approximate surface area is 192 Å².